The van der Waals surface area contributed by atoms with Crippen molar-refractivity contribution in [1.82, 2.24) is 34.2 Å². The van der Waals surface area contributed by atoms with Crippen LogP contribution in [0.4, 0.5) is 27.4 Å². The van der Waals surface area contributed by atoms with E-state index in [1.165, 1.54) is 15.2 Å². The van der Waals surface area contributed by atoms with Crippen molar-refractivity contribution in [3.8, 4) is 16.9 Å². The highest BCUT2D eigenvalue weighted by Crippen LogP contribution is 2.41. The Kier molecular flexibility index (Phi) is 13.7. The number of aliphatic hydroxyl groups excluding tert-OH is 1. The summed E-state index contributed by atoms with van der Waals surface area (Å²) in [6, 6.07) is 18.0. The first-order valence-corrected chi connectivity index (χ1v) is 25.1. The van der Waals surface area contributed by atoms with Crippen LogP contribution in [0.3, 0.4) is 0 Å². The molecule has 0 bridgehead atoms. The highest BCUT2D eigenvalue weighted by atomic mass is 19.1. The molecule has 4 N–H and O–H groups in total. The maximum Gasteiger partial charge on any atom is 0.293 e. The second-order valence-electron chi connectivity index (χ2n) is 20.7. The fourth-order valence-corrected chi connectivity index (χ4v) is 10.3. The number of rotatable bonds is 17. The Morgan fingerprint density at radius 3 is 2.42 bits per heavy atom. The van der Waals surface area contributed by atoms with E-state index >= 15 is 4.39 Å². The molecule has 6 aromatic rings. The number of ether oxygens (including phenoxy) is 1. The highest BCUT2D eigenvalue weighted by molar-refractivity contribution is 6.25. The van der Waals surface area contributed by atoms with Gasteiger partial charge in [0.25, 0.3) is 22.9 Å². The summed E-state index contributed by atoms with van der Waals surface area (Å²) in [5.74, 6) is -1.71. The molecule has 10 rings (SSSR count). The van der Waals surface area contributed by atoms with E-state index in [4.69, 9.17) is 4.74 Å². The van der Waals surface area contributed by atoms with Gasteiger partial charge in [-0.3, -0.25) is 48.5 Å². The Bertz CT molecular complexity index is 3330. The number of amides is 4. The number of nitrogens with zero attached hydrogens (tertiary/aromatic N) is 7. The number of halogens is 1. The number of carbonyl (C=O) groups is 4. The van der Waals surface area contributed by atoms with Crippen molar-refractivity contribution < 1.29 is 33.4 Å². The van der Waals surface area contributed by atoms with Gasteiger partial charge in [-0.1, -0.05) is 45.0 Å². The smallest absolute Gasteiger partial charge is 0.293 e. The molecule has 18 nitrogen and oxygen atoms in total. The lowest BCUT2D eigenvalue weighted by molar-refractivity contribution is -0.136. The van der Waals surface area contributed by atoms with Gasteiger partial charge in [0.2, 0.25) is 11.8 Å². The van der Waals surface area contributed by atoms with Gasteiger partial charge < -0.3 is 29.9 Å². The number of piperidine rings is 1. The van der Waals surface area contributed by atoms with Gasteiger partial charge >= 0.3 is 0 Å². The molecular formula is C55H59FN10O8. The molecule has 3 aromatic heterocycles. The molecule has 1 saturated carbocycles. The minimum Gasteiger partial charge on any atom is -0.392 e. The molecule has 3 aliphatic heterocycles. The van der Waals surface area contributed by atoms with Gasteiger partial charge in [-0.25, -0.2) is 14.4 Å². The SMILES string of the molecule is CC(COCC(C)(C)CNc1cccc2c1C(=O)N(C1CCC(=O)NC1=O)C2=O)CN1CCN(c2ccc(Nc3nc(-c4cccc(-n5ccc6cc(C7CC7)cc(F)c6c5=O)c4CO)cn(C)c3=O)nc2)CC1. The Balaban J connectivity index is 0.711. The van der Waals surface area contributed by atoms with Gasteiger partial charge in [-0.05, 0) is 84.5 Å². The number of nitrogens with one attached hydrogen (secondary N) is 3. The predicted octanol–water partition coefficient (Wildman–Crippen LogP) is 5.71. The van der Waals surface area contributed by atoms with E-state index in [1.807, 2.05) is 12.1 Å². The first kappa shape index (κ1) is 49.9. The maximum atomic E-state index is 15.4. The molecule has 3 aromatic carbocycles. The summed E-state index contributed by atoms with van der Waals surface area (Å²) >= 11 is 0. The normalized spacial score (nSPS) is 17.7. The second-order valence-corrected chi connectivity index (χ2v) is 20.7. The van der Waals surface area contributed by atoms with E-state index in [-0.39, 0.29) is 46.5 Å². The molecule has 2 atom stereocenters. The van der Waals surface area contributed by atoms with E-state index in [0.717, 1.165) is 61.7 Å². The Morgan fingerprint density at radius 1 is 0.919 bits per heavy atom. The molecule has 4 amide bonds. The molecule has 6 heterocycles. The largest absolute Gasteiger partial charge is 0.392 e. The van der Waals surface area contributed by atoms with Crippen LogP contribution >= 0.6 is 0 Å². The number of fused-ring (bicyclic) bond motifs is 2. The molecule has 2 unspecified atom stereocenters. The molecule has 4 aliphatic rings. The van der Waals surface area contributed by atoms with Crippen molar-refractivity contribution in [1.29, 1.82) is 0 Å². The van der Waals surface area contributed by atoms with Crippen molar-refractivity contribution in [3.63, 3.8) is 0 Å². The third kappa shape index (κ3) is 10.1. The van der Waals surface area contributed by atoms with Crippen LogP contribution in [0.15, 0.2) is 94.9 Å². The van der Waals surface area contributed by atoms with Crippen LogP contribution in [0, 0.1) is 17.2 Å². The minimum absolute atomic E-state index is 0.0170. The van der Waals surface area contributed by atoms with Crippen molar-refractivity contribution in [2.75, 3.05) is 68.0 Å². The van der Waals surface area contributed by atoms with Gasteiger partial charge in [-0.15, -0.1) is 0 Å². The number of anilines is 4. The summed E-state index contributed by atoms with van der Waals surface area (Å²) < 4.78 is 24.4. The highest BCUT2D eigenvalue weighted by Gasteiger charge is 2.46. The number of aromatic nitrogens is 4. The van der Waals surface area contributed by atoms with Gasteiger partial charge in [0.1, 0.15) is 17.7 Å². The predicted molar refractivity (Wildman–Crippen MR) is 277 cm³/mol. The number of aliphatic hydroxyl groups is 1. The van der Waals surface area contributed by atoms with Crippen molar-refractivity contribution in [2.24, 2.45) is 18.4 Å². The zero-order chi connectivity index (χ0) is 52.0. The molecule has 74 heavy (non-hydrogen) atoms. The van der Waals surface area contributed by atoms with Crippen molar-refractivity contribution >= 4 is 57.4 Å². The number of aryl methyl sites for hydroxylation is 1. The molecule has 384 valence electrons. The topological polar surface area (TPSA) is 213 Å². The summed E-state index contributed by atoms with van der Waals surface area (Å²) in [5, 5.41) is 19.9. The summed E-state index contributed by atoms with van der Waals surface area (Å²) in [6.45, 7) is 11.4. The van der Waals surface area contributed by atoms with E-state index in [1.54, 1.807) is 74.2 Å². The second kappa shape index (κ2) is 20.4. The number of hydrogen-bond donors (Lipinski definition) is 4. The van der Waals surface area contributed by atoms with Crippen LogP contribution < -0.4 is 32.0 Å². The van der Waals surface area contributed by atoms with Gasteiger partial charge in [0.15, 0.2) is 5.82 Å². The number of pyridine rings is 2. The van der Waals surface area contributed by atoms with Crippen LogP contribution in [0.1, 0.15) is 84.2 Å². The van der Waals surface area contributed by atoms with Crippen molar-refractivity contribution in [2.45, 2.75) is 65.0 Å². The van der Waals surface area contributed by atoms with Crippen LogP contribution in [0.2, 0.25) is 0 Å². The van der Waals surface area contributed by atoms with Crippen LogP contribution in [-0.4, -0.2) is 116 Å². The lowest BCUT2D eigenvalue weighted by atomic mass is 9.94. The lowest BCUT2D eigenvalue weighted by Crippen LogP contribution is -2.54. The Labute approximate surface area is 426 Å². The standard InChI is InChI=1S/C55H59FN10O8/c1-32(29-74-31-55(2,3)30-58-41-9-5-8-38-48(41)53(72)66(51(38)70)44-14-16-46(68)61-50(44)69)26-63-19-21-64(22-20-63)36-13-15-45(57-25-36)60-49-54(73)62(4)27-42(59-49)37-7-6-10-43(39(37)28-67)65-18-17-34-23-35(33-11-12-33)24-40(56)47(34)52(65)71/h5-10,13,15,17-18,23-25,27,32-33,44,58,67H,11-12,14,16,19-22,26,28-31H2,1-4H3,(H,57,59,60)(H,61,68,69). The average molecular weight is 1010 g/mol. The van der Waals surface area contributed by atoms with E-state index in [0.29, 0.717) is 65.1 Å². The Morgan fingerprint density at radius 2 is 1.69 bits per heavy atom. The Hall–Kier alpha value is -7.61. The van der Waals surface area contributed by atoms with Crippen molar-refractivity contribution in [3.05, 3.63) is 134 Å². The zero-order valence-corrected chi connectivity index (χ0v) is 41.8. The summed E-state index contributed by atoms with van der Waals surface area (Å²) in [4.78, 5) is 93.2. The number of benzene rings is 3. The molecule has 0 radical (unpaired) electrons. The summed E-state index contributed by atoms with van der Waals surface area (Å²) in [7, 11) is 1.61. The van der Waals surface area contributed by atoms with Crippen LogP contribution in [0.25, 0.3) is 27.7 Å². The quantitative estimate of drug-likeness (QED) is 0.0807. The van der Waals surface area contributed by atoms with Crippen LogP contribution in [0.5, 0.6) is 0 Å². The van der Waals surface area contributed by atoms with Gasteiger partial charge in [-0.2, -0.15) is 0 Å². The van der Waals surface area contributed by atoms with Gasteiger partial charge in [0, 0.05) is 87.4 Å². The maximum absolute atomic E-state index is 15.4. The summed E-state index contributed by atoms with van der Waals surface area (Å²) in [5.41, 5.74) is 3.15. The fourth-order valence-electron chi connectivity index (χ4n) is 10.3. The number of carbonyl (C=O) groups excluding carboxylic acids is 4. The summed E-state index contributed by atoms with van der Waals surface area (Å²) in [6.07, 6.45) is 7.09. The monoisotopic (exact) mass is 1010 g/mol. The fraction of sp³-hybridized carbons (Fsp3) is 0.382. The molecule has 2 saturated heterocycles. The average Bonchev–Trinajstić information content (AvgIpc) is 4.21. The van der Waals surface area contributed by atoms with Gasteiger partial charge in [0.05, 0.1) is 59.6 Å². The third-order valence-corrected chi connectivity index (χ3v) is 14.4. The van der Waals surface area contributed by atoms with E-state index in [9.17, 15) is 33.9 Å². The van der Waals surface area contributed by atoms with Crippen LogP contribution in [-0.2, 0) is 28.0 Å². The number of imide groups is 2. The van der Waals surface area contributed by atoms with E-state index in [2.05, 4.69) is 56.5 Å². The lowest BCUT2D eigenvalue weighted by Gasteiger charge is -2.37. The number of hydrogen-bond acceptors (Lipinski definition) is 14. The first-order chi connectivity index (χ1) is 35.6. The number of piperazine rings is 1. The first-order valence-electron chi connectivity index (χ1n) is 25.1. The minimum atomic E-state index is -1.03. The molecule has 1 aliphatic carbocycles. The molecule has 19 heteroatoms. The molecular weight excluding hydrogens is 948 g/mol. The molecule has 0 spiro atoms. The van der Waals surface area contributed by atoms with E-state index < -0.39 is 53.2 Å². The zero-order valence-electron chi connectivity index (χ0n) is 41.8. The third-order valence-electron chi connectivity index (χ3n) is 14.4. The molecule has 3 fully saturated rings.